The van der Waals surface area contributed by atoms with Gasteiger partial charge in [-0.2, -0.15) is 0 Å². The largest absolute Gasteiger partial charge is 0.462 e. The minimum absolute atomic E-state index is 0.0341. The molecule has 1 N–H and O–H groups in total. The number of allylic oxidation sites excluding steroid dienone is 1. The van der Waals surface area contributed by atoms with Gasteiger partial charge < -0.3 is 10.1 Å². The van der Waals surface area contributed by atoms with E-state index in [2.05, 4.69) is 39.6 Å². The molecular formula is C23H39NO2. The maximum atomic E-state index is 12.6. The van der Waals surface area contributed by atoms with Gasteiger partial charge in [0.1, 0.15) is 6.10 Å². The molecule has 2 saturated carbocycles. The quantitative estimate of drug-likeness (QED) is 0.506. The van der Waals surface area contributed by atoms with Gasteiger partial charge in [0, 0.05) is 18.5 Å². The molecule has 0 aromatic rings. The highest BCUT2D eigenvalue weighted by Crippen LogP contribution is 2.56. The Morgan fingerprint density at radius 2 is 2.08 bits per heavy atom. The summed E-state index contributed by atoms with van der Waals surface area (Å²) in [5.41, 5.74) is 1.72. The lowest BCUT2D eigenvalue weighted by atomic mass is 9.55. The predicted molar refractivity (Wildman–Crippen MR) is 107 cm³/mol. The zero-order chi connectivity index (χ0) is 18.9. The third-order valence-electron chi connectivity index (χ3n) is 7.42. The number of ether oxygens (including phenoxy) is 1. The van der Waals surface area contributed by atoms with Crippen molar-refractivity contribution in [1.29, 1.82) is 0 Å². The zero-order valence-corrected chi connectivity index (χ0v) is 17.4. The first kappa shape index (κ1) is 19.9. The molecule has 1 aliphatic heterocycles. The van der Waals surface area contributed by atoms with Gasteiger partial charge in [0.15, 0.2) is 0 Å². The van der Waals surface area contributed by atoms with E-state index in [1.807, 2.05) is 0 Å². The summed E-state index contributed by atoms with van der Waals surface area (Å²) in [4.78, 5) is 12.6. The Morgan fingerprint density at radius 1 is 1.31 bits per heavy atom. The van der Waals surface area contributed by atoms with Crippen LogP contribution in [-0.4, -0.2) is 24.7 Å². The third-order valence-corrected chi connectivity index (χ3v) is 7.42. The molecule has 0 unspecified atom stereocenters. The van der Waals surface area contributed by atoms with Crippen molar-refractivity contribution in [3.05, 3.63) is 12.2 Å². The highest BCUT2D eigenvalue weighted by Gasteiger charge is 2.54. The van der Waals surface area contributed by atoms with Crippen LogP contribution in [0, 0.1) is 29.1 Å². The van der Waals surface area contributed by atoms with Gasteiger partial charge in [0.25, 0.3) is 0 Å². The van der Waals surface area contributed by atoms with E-state index in [-0.39, 0.29) is 18.0 Å². The monoisotopic (exact) mass is 361 g/mol. The summed E-state index contributed by atoms with van der Waals surface area (Å²) in [5, 5.41) is 3.63. The van der Waals surface area contributed by atoms with Crippen LogP contribution in [0.5, 0.6) is 0 Å². The van der Waals surface area contributed by atoms with E-state index in [1.165, 1.54) is 44.1 Å². The maximum Gasteiger partial charge on any atom is 0.310 e. The Bertz CT molecular complexity index is 528. The molecule has 3 heteroatoms. The highest BCUT2D eigenvalue weighted by molar-refractivity contribution is 5.75. The molecular weight excluding hydrogens is 322 g/mol. The van der Waals surface area contributed by atoms with Crippen LogP contribution in [0.4, 0.5) is 0 Å². The highest BCUT2D eigenvalue weighted by atomic mass is 16.6. The van der Waals surface area contributed by atoms with Crippen LogP contribution in [-0.2, 0) is 9.53 Å². The molecule has 3 aliphatic rings. The Balaban J connectivity index is 1.56. The van der Waals surface area contributed by atoms with Crippen LogP contribution in [0.3, 0.4) is 0 Å². The van der Waals surface area contributed by atoms with E-state index in [1.54, 1.807) is 0 Å². The molecule has 0 bridgehead atoms. The lowest BCUT2D eigenvalue weighted by molar-refractivity contribution is -0.146. The number of carbonyl (C=O) groups is 1. The number of carbonyl (C=O) groups excluding carboxylic acids is 1. The number of rotatable bonds is 7. The van der Waals surface area contributed by atoms with E-state index in [0.717, 1.165) is 25.3 Å². The number of fused-ring (bicyclic) bond motifs is 2. The zero-order valence-electron chi connectivity index (χ0n) is 17.4. The number of esters is 1. The minimum Gasteiger partial charge on any atom is -0.462 e. The minimum atomic E-state index is 0.0341. The molecule has 1 heterocycles. The first-order valence-corrected chi connectivity index (χ1v) is 10.9. The van der Waals surface area contributed by atoms with Gasteiger partial charge in [-0.25, -0.2) is 0 Å². The average molecular weight is 362 g/mol. The first-order chi connectivity index (χ1) is 12.3. The second-order valence-corrected chi connectivity index (χ2v) is 10.0. The fourth-order valence-electron chi connectivity index (χ4n) is 5.75. The normalized spacial score (nSPS) is 38.0. The van der Waals surface area contributed by atoms with Crippen molar-refractivity contribution < 1.29 is 9.53 Å². The standard InChI is InChI=1S/C23H39NO2/c1-15(2)8-6-10-17(4)24-14-19-18-12-20-16(3)9-7-11-23(20,5)13-21(18)26-22(19)25/h15,17-21,24H,3,6-14H2,1-2,4-5H3/t17-,18+,19-,20+,21+,23+/m0/s1. The molecule has 3 rings (SSSR count). The molecule has 0 aromatic carbocycles. The van der Waals surface area contributed by atoms with E-state index in [0.29, 0.717) is 23.3 Å². The molecule has 3 fully saturated rings. The Morgan fingerprint density at radius 3 is 2.81 bits per heavy atom. The van der Waals surface area contributed by atoms with Gasteiger partial charge in [-0.1, -0.05) is 45.8 Å². The molecule has 1 saturated heterocycles. The Hall–Kier alpha value is -0.830. The smallest absolute Gasteiger partial charge is 0.310 e. The van der Waals surface area contributed by atoms with Crippen molar-refractivity contribution in [2.24, 2.45) is 29.1 Å². The third kappa shape index (κ3) is 4.18. The lowest BCUT2D eigenvalue weighted by Gasteiger charge is -2.50. The van der Waals surface area contributed by atoms with Gasteiger partial charge in [0.05, 0.1) is 5.92 Å². The summed E-state index contributed by atoms with van der Waals surface area (Å²) in [7, 11) is 0. The van der Waals surface area contributed by atoms with Gasteiger partial charge in [-0.15, -0.1) is 0 Å². The molecule has 6 atom stereocenters. The predicted octanol–water partition coefficient (Wildman–Crippen LogP) is 5.11. The average Bonchev–Trinajstić information content (AvgIpc) is 2.84. The summed E-state index contributed by atoms with van der Waals surface area (Å²) in [6.07, 6.45) is 9.67. The topological polar surface area (TPSA) is 38.3 Å². The fourth-order valence-corrected chi connectivity index (χ4v) is 5.75. The van der Waals surface area contributed by atoms with Crippen LogP contribution in [0.1, 0.15) is 79.1 Å². The molecule has 0 radical (unpaired) electrons. The van der Waals surface area contributed by atoms with Gasteiger partial charge >= 0.3 is 5.97 Å². The summed E-state index contributed by atoms with van der Waals surface area (Å²) >= 11 is 0. The van der Waals surface area contributed by atoms with Crippen molar-refractivity contribution in [1.82, 2.24) is 5.32 Å². The van der Waals surface area contributed by atoms with E-state index in [9.17, 15) is 4.79 Å². The molecule has 0 amide bonds. The first-order valence-electron chi connectivity index (χ1n) is 10.9. The van der Waals surface area contributed by atoms with Crippen molar-refractivity contribution in [3.63, 3.8) is 0 Å². The lowest BCUT2D eigenvalue weighted by Crippen LogP contribution is -2.45. The fraction of sp³-hybridized carbons (Fsp3) is 0.870. The van der Waals surface area contributed by atoms with Gasteiger partial charge in [-0.05, 0) is 62.7 Å². The van der Waals surface area contributed by atoms with E-state index >= 15 is 0 Å². The molecule has 0 spiro atoms. The van der Waals surface area contributed by atoms with Gasteiger partial charge in [0.2, 0.25) is 0 Å². The number of hydrogen-bond acceptors (Lipinski definition) is 3. The molecule has 26 heavy (non-hydrogen) atoms. The summed E-state index contributed by atoms with van der Waals surface area (Å²) in [6.45, 7) is 14.4. The number of hydrogen-bond donors (Lipinski definition) is 1. The summed E-state index contributed by atoms with van der Waals surface area (Å²) < 4.78 is 5.86. The number of nitrogens with one attached hydrogen (secondary N) is 1. The van der Waals surface area contributed by atoms with Crippen LogP contribution < -0.4 is 5.32 Å². The van der Waals surface area contributed by atoms with E-state index in [4.69, 9.17) is 4.74 Å². The second kappa shape index (κ2) is 8.04. The van der Waals surface area contributed by atoms with Crippen molar-refractivity contribution in [2.45, 2.75) is 91.2 Å². The van der Waals surface area contributed by atoms with Crippen molar-refractivity contribution in [2.75, 3.05) is 6.54 Å². The van der Waals surface area contributed by atoms with Gasteiger partial charge in [-0.3, -0.25) is 4.79 Å². The van der Waals surface area contributed by atoms with Crippen molar-refractivity contribution in [3.8, 4) is 0 Å². The van der Waals surface area contributed by atoms with Crippen molar-refractivity contribution >= 4 is 5.97 Å². The van der Waals surface area contributed by atoms with E-state index < -0.39 is 0 Å². The molecule has 2 aliphatic carbocycles. The Labute approximate surface area is 160 Å². The van der Waals surface area contributed by atoms with Crippen LogP contribution in [0.25, 0.3) is 0 Å². The Kier molecular flexibility index (Phi) is 6.16. The maximum absolute atomic E-state index is 12.6. The molecule has 148 valence electrons. The van der Waals surface area contributed by atoms with Crippen LogP contribution >= 0.6 is 0 Å². The molecule has 3 nitrogen and oxygen atoms in total. The summed E-state index contributed by atoms with van der Waals surface area (Å²) in [5.74, 6) is 1.80. The van der Waals surface area contributed by atoms with Crippen LogP contribution in [0.2, 0.25) is 0 Å². The SMILES string of the molecule is C=C1CCC[C@]2(C)C[C@H]3OC(=O)[C@@H](CN[C@@H](C)CCCC(C)C)[C@H]3C[C@H]12. The van der Waals surface area contributed by atoms with Crippen LogP contribution in [0.15, 0.2) is 12.2 Å². The molecule has 0 aromatic heterocycles. The summed E-state index contributed by atoms with van der Waals surface area (Å²) in [6, 6.07) is 0.471. The second-order valence-electron chi connectivity index (χ2n) is 10.0.